The minimum Gasteiger partial charge on any atom is -0.350 e. The zero-order valence-corrected chi connectivity index (χ0v) is 36.3. The average Bonchev–Trinajstić information content (AvgIpc) is 3.03. The number of nitrogens with one attached hydrogen (secondary N) is 4. The van der Waals surface area contributed by atoms with Crippen molar-refractivity contribution in [3.05, 3.63) is 58.7 Å². The second kappa shape index (κ2) is 21.3. The van der Waals surface area contributed by atoms with Crippen LogP contribution in [0.15, 0.2) is 36.4 Å². The van der Waals surface area contributed by atoms with E-state index in [1.807, 2.05) is 0 Å². The van der Waals surface area contributed by atoms with Gasteiger partial charge in [0.15, 0.2) is 10.2 Å². The predicted molar refractivity (Wildman–Crippen MR) is 212 cm³/mol. The third-order valence-corrected chi connectivity index (χ3v) is 7.79. The summed E-state index contributed by atoms with van der Waals surface area (Å²) < 4.78 is 155. The Hall–Kier alpha value is -3.50. The lowest BCUT2D eigenvalue weighted by Gasteiger charge is -2.33. The number of amides is 2. The summed E-state index contributed by atoms with van der Waals surface area (Å²) in [5.74, 6) is -0.701. The summed E-state index contributed by atoms with van der Waals surface area (Å²) in [6.45, 7) is 10.4. The van der Waals surface area contributed by atoms with E-state index in [-0.39, 0.29) is 39.5 Å². The molecule has 4 N–H and O–H groups in total. The first-order valence-electron chi connectivity index (χ1n) is 16.6. The number of thiocarbonyl (C=S) groups is 2. The number of nitrogens with zero attached hydrogens (tertiary/aromatic N) is 2. The molecule has 0 aliphatic rings. The molecule has 0 aliphatic heterocycles. The number of alkyl halides is 14. The zero-order valence-electron chi connectivity index (χ0n) is 33.1. The number of hydrogen-bond acceptors (Lipinski definition) is 4. The van der Waals surface area contributed by atoms with Crippen LogP contribution in [-0.2, 0) is 34.3 Å². The number of rotatable bonds is 6. The van der Waals surface area contributed by atoms with Gasteiger partial charge in [-0.05, 0) is 71.7 Å². The standard InChI is InChI=1S/2C17H21F6N3OS.CH2Cl2/c2*1-15(2,3)12(13(27)26(4)5)25-14(28)24-11-7-9(16(18,19)20)6-10(8-11)17(21,22)23;2-1-3/h2*6-8,12H,1-5H3,(H2,24,25,28);1H2/t2*12-;/m11./s1. The topological polar surface area (TPSA) is 88.7 Å². The van der Waals surface area contributed by atoms with Crippen LogP contribution in [-0.4, -0.2) is 77.5 Å². The zero-order chi connectivity index (χ0) is 46.9. The summed E-state index contributed by atoms with van der Waals surface area (Å²) in [6.07, 6.45) is -19.9. The maximum absolute atomic E-state index is 12.9. The third-order valence-electron chi connectivity index (χ3n) is 7.35. The Morgan fingerprint density at radius 1 is 0.525 bits per heavy atom. The van der Waals surface area contributed by atoms with E-state index >= 15 is 0 Å². The molecule has 0 fully saturated rings. The first kappa shape index (κ1) is 55.5. The highest BCUT2D eigenvalue weighted by Gasteiger charge is 2.39. The van der Waals surface area contributed by atoms with Crippen molar-refractivity contribution in [3.8, 4) is 0 Å². The first-order valence-corrected chi connectivity index (χ1v) is 18.4. The number of likely N-dealkylation sites (N-methyl/N-ethyl adjacent to an activating group) is 2. The fourth-order valence-electron chi connectivity index (χ4n) is 4.46. The van der Waals surface area contributed by atoms with Gasteiger partial charge in [-0.3, -0.25) is 9.59 Å². The van der Waals surface area contributed by atoms with Crippen LogP contribution < -0.4 is 21.3 Å². The van der Waals surface area contributed by atoms with Gasteiger partial charge in [-0.25, -0.2) is 0 Å². The van der Waals surface area contributed by atoms with Gasteiger partial charge in [0.1, 0.15) is 12.1 Å². The number of carbonyl (C=O) groups excluding carboxylic acids is 2. The van der Waals surface area contributed by atoms with E-state index in [0.717, 1.165) is 0 Å². The number of hydrogen-bond donors (Lipinski definition) is 4. The average molecular weight is 944 g/mol. The molecule has 0 saturated heterocycles. The van der Waals surface area contributed by atoms with E-state index < -0.39 is 81.2 Å². The molecule has 8 nitrogen and oxygen atoms in total. The van der Waals surface area contributed by atoms with Crippen molar-refractivity contribution in [2.75, 3.05) is 44.2 Å². The molecule has 0 spiro atoms. The minimum absolute atomic E-state index is 0.0230. The third kappa shape index (κ3) is 19.2. The molecule has 0 unspecified atom stereocenters. The van der Waals surface area contributed by atoms with Crippen LogP contribution in [0.1, 0.15) is 63.8 Å². The lowest BCUT2D eigenvalue weighted by atomic mass is 9.86. The molecule has 0 heterocycles. The highest BCUT2D eigenvalue weighted by Crippen LogP contribution is 2.39. The van der Waals surface area contributed by atoms with Crippen molar-refractivity contribution in [1.82, 2.24) is 20.4 Å². The lowest BCUT2D eigenvalue weighted by molar-refractivity contribution is -0.144. The molecule has 0 aliphatic carbocycles. The summed E-state index contributed by atoms with van der Waals surface area (Å²) in [7, 11) is 6.06. The fraction of sp³-hybridized carbons (Fsp3) is 0.543. The van der Waals surface area contributed by atoms with Gasteiger partial charge < -0.3 is 31.1 Å². The lowest BCUT2D eigenvalue weighted by Crippen LogP contribution is -2.54. The molecule has 24 heteroatoms. The summed E-state index contributed by atoms with van der Waals surface area (Å²) in [5, 5.41) is 9.61. The largest absolute Gasteiger partial charge is 0.416 e. The van der Waals surface area contributed by atoms with E-state index in [2.05, 4.69) is 21.3 Å². The Bertz CT molecular complexity index is 1570. The molecule has 2 amide bonds. The molecule has 2 rings (SSSR count). The Morgan fingerprint density at radius 3 is 0.881 bits per heavy atom. The Morgan fingerprint density at radius 2 is 0.729 bits per heavy atom. The van der Waals surface area contributed by atoms with Gasteiger partial charge in [0.25, 0.3) is 0 Å². The van der Waals surface area contributed by atoms with Crippen molar-refractivity contribution in [1.29, 1.82) is 0 Å². The predicted octanol–water partition coefficient (Wildman–Crippen LogP) is 10.4. The molecule has 59 heavy (non-hydrogen) atoms. The normalized spacial score (nSPS) is 13.3. The summed E-state index contributed by atoms with van der Waals surface area (Å²) in [6, 6.07) is 0.411. The van der Waals surface area contributed by atoms with Crippen LogP contribution in [0.5, 0.6) is 0 Å². The summed E-state index contributed by atoms with van der Waals surface area (Å²) in [4.78, 5) is 27.3. The Labute approximate surface area is 354 Å². The molecule has 336 valence electrons. The number of carbonyl (C=O) groups is 2. The Balaban J connectivity index is 0.00000107. The molecule has 2 atom stereocenters. The van der Waals surface area contributed by atoms with Crippen LogP contribution in [0.3, 0.4) is 0 Å². The number of benzene rings is 2. The van der Waals surface area contributed by atoms with Crippen molar-refractivity contribution < 1.29 is 62.3 Å². The quantitative estimate of drug-likeness (QED) is 0.129. The number of anilines is 2. The van der Waals surface area contributed by atoms with E-state index in [1.54, 1.807) is 41.5 Å². The van der Waals surface area contributed by atoms with Gasteiger partial charge in [-0.1, -0.05) is 41.5 Å². The Kier molecular flexibility index (Phi) is 20.1. The maximum atomic E-state index is 12.9. The van der Waals surface area contributed by atoms with Gasteiger partial charge in [0, 0.05) is 39.6 Å². The smallest absolute Gasteiger partial charge is 0.350 e. The van der Waals surface area contributed by atoms with Crippen LogP contribution in [0, 0.1) is 10.8 Å². The molecular weight excluding hydrogens is 899 g/mol. The fourth-order valence-corrected chi connectivity index (χ4v) is 4.94. The summed E-state index contributed by atoms with van der Waals surface area (Å²) in [5.41, 5.74) is -8.12. The van der Waals surface area contributed by atoms with Crippen LogP contribution in [0.25, 0.3) is 0 Å². The van der Waals surface area contributed by atoms with Crippen molar-refractivity contribution in [2.45, 2.75) is 78.3 Å². The molecule has 0 aromatic heterocycles. The minimum atomic E-state index is -4.97. The molecular formula is C35H44Cl2F12N6O2S2. The van der Waals surface area contributed by atoms with Gasteiger partial charge in [0.05, 0.1) is 27.6 Å². The van der Waals surface area contributed by atoms with Crippen molar-refractivity contribution in [2.24, 2.45) is 10.8 Å². The highest BCUT2D eigenvalue weighted by atomic mass is 35.5. The van der Waals surface area contributed by atoms with E-state index in [1.165, 1.54) is 38.0 Å². The molecule has 0 saturated carbocycles. The highest BCUT2D eigenvalue weighted by molar-refractivity contribution is 7.80. The molecule has 0 bridgehead atoms. The van der Waals surface area contributed by atoms with Gasteiger partial charge in [-0.15, -0.1) is 23.2 Å². The first-order chi connectivity index (χ1) is 26.3. The second-order valence-electron chi connectivity index (χ2n) is 15.0. The van der Waals surface area contributed by atoms with Gasteiger partial charge in [-0.2, -0.15) is 52.7 Å². The van der Waals surface area contributed by atoms with Crippen LogP contribution >= 0.6 is 47.6 Å². The monoisotopic (exact) mass is 942 g/mol. The van der Waals surface area contributed by atoms with Crippen LogP contribution in [0.4, 0.5) is 64.1 Å². The van der Waals surface area contributed by atoms with Crippen molar-refractivity contribution in [3.63, 3.8) is 0 Å². The van der Waals surface area contributed by atoms with E-state index in [4.69, 9.17) is 47.6 Å². The molecule has 2 aromatic carbocycles. The second-order valence-corrected chi connectivity index (χ2v) is 16.6. The van der Waals surface area contributed by atoms with Gasteiger partial charge in [0.2, 0.25) is 11.8 Å². The maximum Gasteiger partial charge on any atom is 0.416 e. The SMILES string of the molecule is CN(C)C(=O)[C@@H](NC(=S)Nc1cc(C(F)(F)F)cc(C(F)(F)F)c1)C(C)(C)C.CN(C)C(=O)[C@@H](NC(=S)Nc1cc(C(F)(F)F)cc(C(F)(F)F)c1)C(C)(C)C.ClCCl. The van der Waals surface area contributed by atoms with Crippen LogP contribution in [0.2, 0.25) is 0 Å². The van der Waals surface area contributed by atoms with Gasteiger partial charge >= 0.3 is 24.7 Å². The van der Waals surface area contributed by atoms with Crippen molar-refractivity contribution >= 4 is 81.1 Å². The molecule has 2 aromatic rings. The number of halogens is 14. The molecule has 0 radical (unpaired) electrons. The van der Waals surface area contributed by atoms with E-state index in [0.29, 0.717) is 24.3 Å². The van der Waals surface area contributed by atoms with E-state index in [9.17, 15) is 62.3 Å². The summed E-state index contributed by atoms with van der Waals surface area (Å²) >= 11 is 19.5.